The largest absolute Gasteiger partial charge is 0.393 e. The van der Waals surface area contributed by atoms with Gasteiger partial charge in [-0.3, -0.25) is 4.79 Å². The van der Waals surface area contributed by atoms with Crippen LogP contribution in [-0.2, 0) is 4.79 Å². The minimum absolute atomic E-state index is 0.129. The molecule has 0 unspecified atom stereocenters. The predicted octanol–water partition coefficient (Wildman–Crippen LogP) is 6.65. The Labute approximate surface area is 179 Å². The fourth-order valence-corrected chi connectivity index (χ4v) is 9.04. The van der Waals surface area contributed by atoms with E-state index in [4.69, 9.17) is 0 Å². The van der Waals surface area contributed by atoms with Gasteiger partial charge >= 0.3 is 0 Å². The van der Waals surface area contributed by atoms with Crippen molar-refractivity contribution in [3.63, 3.8) is 0 Å². The number of fused-ring (bicyclic) bond motifs is 5. The Balaban J connectivity index is 1.50. The van der Waals surface area contributed by atoms with Gasteiger partial charge in [0, 0.05) is 12.3 Å². The number of carbonyl (C=O) groups excluding carboxylic acids is 1. The average Bonchev–Trinajstić information content (AvgIpc) is 3.00. The van der Waals surface area contributed by atoms with Crippen molar-refractivity contribution in [1.82, 2.24) is 0 Å². The highest BCUT2D eigenvalue weighted by Gasteiger charge is 2.62. The fourth-order valence-electron chi connectivity index (χ4n) is 9.04. The third-order valence-corrected chi connectivity index (χ3v) is 10.6. The molecule has 29 heavy (non-hydrogen) atoms. The molecule has 0 heterocycles. The molecule has 0 aromatic rings. The third-order valence-electron chi connectivity index (χ3n) is 10.6. The SMILES string of the molecule is CC(C)CCC[C@H](C)[C@@H]1CC[C@@H]2[C@@H]3CC(=O)[C@H]4C[C@H](O)CC[C@]4(C)[C@H]3CC[C@@]21C. The fraction of sp³-hybridized carbons (Fsp3) is 0.963. The summed E-state index contributed by atoms with van der Waals surface area (Å²) in [7, 11) is 0. The van der Waals surface area contributed by atoms with Crippen molar-refractivity contribution in [2.45, 2.75) is 111 Å². The van der Waals surface area contributed by atoms with Gasteiger partial charge in [0.25, 0.3) is 0 Å². The molecule has 1 N–H and O–H groups in total. The van der Waals surface area contributed by atoms with E-state index < -0.39 is 0 Å². The van der Waals surface area contributed by atoms with Crippen LogP contribution in [0.25, 0.3) is 0 Å². The molecule has 166 valence electrons. The van der Waals surface area contributed by atoms with E-state index in [2.05, 4.69) is 34.6 Å². The molecule has 4 fully saturated rings. The van der Waals surface area contributed by atoms with Crippen LogP contribution in [0, 0.1) is 52.3 Å². The zero-order chi connectivity index (χ0) is 21.0. The molecule has 4 aliphatic carbocycles. The minimum Gasteiger partial charge on any atom is -0.393 e. The highest BCUT2D eigenvalue weighted by molar-refractivity contribution is 5.83. The lowest BCUT2D eigenvalue weighted by atomic mass is 9.44. The van der Waals surface area contributed by atoms with Crippen LogP contribution in [0.4, 0.5) is 0 Å². The van der Waals surface area contributed by atoms with Crippen LogP contribution in [-0.4, -0.2) is 17.0 Å². The van der Waals surface area contributed by atoms with Gasteiger partial charge in [-0.2, -0.15) is 0 Å². The quantitative estimate of drug-likeness (QED) is 0.559. The van der Waals surface area contributed by atoms with Crippen molar-refractivity contribution in [3.05, 3.63) is 0 Å². The van der Waals surface area contributed by atoms with Crippen molar-refractivity contribution in [2.24, 2.45) is 52.3 Å². The van der Waals surface area contributed by atoms with E-state index in [1.54, 1.807) is 0 Å². The zero-order valence-corrected chi connectivity index (χ0v) is 19.8. The first-order chi connectivity index (χ1) is 13.7. The standard InChI is InChI=1S/C27H46O2/c1-17(2)7-6-8-18(3)21-9-10-22-20-16-25(29)24-15-19(28)11-13-27(24,5)23(20)12-14-26(21,22)4/h17-24,28H,6-16H2,1-5H3/t18-,19+,20-,21-,22+,23-,24+,26+,27+/m0/s1. The Kier molecular flexibility index (Phi) is 5.99. The smallest absolute Gasteiger partial charge is 0.136 e. The van der Waals surface area contributed by atoms with E-state index in [1.807, 2.05) is 0 Å². The Morgan fingerprint density at radius 3 is 2.38 bits per heavy atom. The molecule has 0 saturated heterocycles. The summed E-state index contributed by atoms with van der Waals surface area (Å²) in [5.41, 5.74) is 0.609. The normalized spacial score (nSPS) is 48.2. The first kappa shape index (κ1) is 21.8. The number of Topliss-reactive ketones (excluding diaryl/α,β-unsaturated/α-hetero) is 1. The van der Waals surface area contributed by atoms with E-state index in [1.165, 1.54) is 44.9 Å². The Bertz CT molecular complexity index is 612. The van der Waals surface area contributed by atoms with Crippen LogP contribution in [0.3, 0.4) is 0 Å². The topological polar surface area (TPSA) is 37.3 Å². The van der Waals surface area contributed by atoms with Crippen molar-refractivity contribution < 1.29 is 9.90 Å². The predicted molar refractivity (Wildman–Crippen MR) is 119 cm³/mol. The number of rotatable bonds is 5. The van der Waals surface area contributed by atoms with Gasteiger partial charge in [-0.15, -0.1) is 0 Å². The number of hydrogen-bond donors (Lipinski definition) is 1. The highest BCUT2D eigenvalue weighted by Crippen LogP contribution is 2.67. The molecule has 0 amide bonds. The maximum atomic E-state index is 13.2. The summed E-state index contributed by atoms with van der Waals surface area (Å²) in [4.78, 5) is 13.2. The summed E-state index contributed by atoms with van der Waals surface area (Å²) >= 11 is 0. The Morgan fingerprint density at radius 2 is 1.66 bits per heavy atom. The Morgan fingerprint density at radius 1 is 0.966 bits per heavy atom. The van der Waals surface area contributed by atoms with Gasteiger partial charge in [-0.25, -0.2) is 0 Å². The van der Waals surface area contributed by atoms with Crippen LogP contribution >= 0.6 is 0 Å². The van der Waals surface area contributed by atoms with Gasteiger partial charge in [-0.05, 0) is 91.3 Å². The van der Waals surface area contributed by atoms with E-state index in [0.717, 1.165) is 49.4 Å². The second-order valence-electron chi connectivity index (χ2n) is 12.6. The third kappa shape index (κ3) is 3.64. The molecule has 0 aromatic carbocycles. The maximum Gasteiger partial charge on any atom is 0.136 e. The molecule has 2 nitrogen and oxygen atoms in total. The zero-order valence-electron chi connectivity index (χ0n) is 19.8. The molecule has 4 saturated carbocycles. The van der Waals surface area contributed by atoms with Crippen molar-refractivity contribution in [1.29, 1.82) is 0 Å². The lowest BCUT2D eigenvalue weighted by molar-refractivity contribution is -0.160. The summed E-state index contributed by atoms with van der Waals surface area (Å²) < 4.78 is 0. The first-order valence-corrected chi connectivity index (χ1v) is 12.9. The molecule has 0 radical (unpaired) electrons. The Hall–Kier alpha value is -0.370. The molecule has 0 aliphatic heterocycles. The summed E-state index contributed by atoms with van der Waals surface area (Å²) in [6, 6.07) is 0. The second-order valence-corrected chi connectivity index (χ2v) is 12.6. The van der Waals surface area contributed by atoms with Gasteiger partial charge < -0.3 is 5.11 Å². The van der Waals surface area contributed by atoms with Crippen molar-refractivity contribution >= 4 is 5.78 Å². The van der Waals surface area contributed by atoms with E-state index in [0.29, 0.717) is 23.0 Å². The molecule has 0 spiro atoms. The van der Waals surface area contributed by atoms with Crippen LogP contribution in [0.1, 0.15) is 105 Å². The summed E-state index contributed by atoms with van der Waals surface area (Å²) in [5.74, 6) is 5.21. The highest BCUT2D eigenvalue weighted by atomic mass is 16.3. The lowest BCUT2D eigenvalue weighted by Gasteiger charge is -2.60. The van der Waals surface area contributed by atoms with Gasteiger partial charge in [0.1, 0.15) is 5.78 Å². The lowest BCUT2D eigenvalue weighted by Crippen LogP contribution is -2.57. The number of hydrogen-bond acceptors (Lipinski definition) is 2. The number of aliphatic hydroxyl groups is 1. The van der Waals surface area contributed by atoms with Crippen LogP contribution in [0.15, 0.2) is 0 Å². The maximum absolute atomic E-state index is 13.2. The average molecular weight is 403 g/mol. The van der Waals surface area contributed by atoms with Crippen LogP contribution in [0.5, 0.6) is 0 Å². The monoisotopic (exact) mass is 402 g/mol. The van der Waals surface area contributed by atoms with Crippen LogP contribution < -0.4 is 0 Å². The molecule has 4 rings (SSSR count). The van der Waals surface area contributed by atoms with E-state index >= 15 is 0 Å². The molecular formula is C27H46O2. The molecule has 2 heteroatoms. The van der Waals surface area contributed by atoms with E-state index in [-0.39, 0.29) is 17.4 Å². The number of carbonyl (C=O) groups is 1. The van der Waals surface area contributed by atoms with Gasteiger partial charge in [-0.1, -0.05) is 53.9 Å². The number of aliphatic hydroxyl groups excluding tert-OH is 1. The molecule has 9 atom stereocenters. The molecular weight excluding hydrogens is 356 g/mol. The minimum atomic E-state index is -0.245. The van der Waals surface area contributed by atoms with Crippen LogP contribution in [0.2, 0.25) is 0 Å². The first-order valence-electron chi connectivity index (χ1n) is 12.9. The summed E-state index contributed by atoms with van der Waals surface area (Å²) in [5, 5.41) is 10.2. The van der Waals surface area contributed by atoms with Gasteiger partial charge in [0.05, 0.1) is 6.10 Å². The molecule has 0 bridgehead atoms. The summed E-state index contributed by atoms with van der Waals surface area (Å²) in [6.45, 7) is 12.2. The summed E-state index contributed by atoms with van der Waals surface area (Å²) in [6.07, 6.45) is 12.8. The van der Waals surface area contributed by atoms with Gasteiger partial charge in [0.2, 0.25) is 0 Å². The van der Waals surface area contributed by atoms with Gasteiger partial charge in [0.15, 0.2) is 0 Å². The molecule has 0 aromatic heterocycles. The number of ketones is 1. The van der Waals surface area contributed by atoms with Crippen molar-refractivity contribution in [3.8, 4) is 0 Å². The molecule has 4 aliphatic rings. The van der Waals surface area contributed by atoms with Crippen molar-refractivity contribution in [2.75, 3.05) is 0 Å². The van der Waals surface area contributed by atoms with E-state index in [9.17, 15) is 9.90 Å². The second kappa shape index (κ2) is 7.95.